The van der Waals surface area contributed by atoms with E-state index in [4.69, 9.17) is 0 Å². The van der Waals surface area contributed by atoms with Gasteiger partial charge in [0.05, 0.1) is 6.54 Å². The van der Waals surface area contributed by atoms with Gasteiger partial charge in [0, 0.05) is 16.7 Å². The maximum absolute atomic E-state index is 11.4. The molecule has 1 aromatic carbocycles. The van der Waals surface area contributed by atoms with Crippen LogP contribution in [0.1, 0.15) is 19.8 Å². The number of carbonyl (C=O) groups excluding carboxylic acids is 1. The first-order valence-electron chi connectivity index (χ1n) is 5.48. The zero-order valence-corrected chi connectivity index (χ0v) is 11.0. The Morgan fingerprint density at radius 2 is 2.25 bits per heavy atom. The van der Waals surface area contributed by atoms with E-state index in [2.05, 4.69) is 33.5 Å². The van der Waals surface area contributed by atoms with E-state index in [0.717, 1.165) is 29.5 Å². The highest BCUT2D eigenvalue weighted by Gasteiger charge is 1.99. The number of unbranched alkanes of at least 4 members (excludes halogenated alkanes) is 1. The molecule has 0 saturated heterocycles. The fraction of sp³-hybridized carbons (Fsp3) is 0.417. The van der Waals surface area contributed by atoms with Crippen LogP contribution in [0.4, 0.5) is 5.69 Å². The highest BCUT2D eigenvalue weighted by atomic mass is 79.9. The van der Waals surface area contributed by atoms with Crippen molar-refractivity contribution in [2.45, 2.75) is 19.8 Å². The van der Waals surface area contributed by atoms with Gasteiger partial charge in [0.15, 0.2) is 0 Å². The maximum atomic E-state index is 11.4. The minimum atomic E-state index is 0.0356. The van der Waals surface area contributed by atoms with Crippen LogP contribution in [0.15, 0.2) is 28.7 Å². The Morgan fingerprint density at radius 1 is 1.44 bits per heavy atom. The molecule has 3 nitrogen and oxygen atoms in total. The molecule has 0 heterocycles. The van der Waals surface area contributed by atoms with Crippen LogP contribution in [0.25, 0.3) is 0 Å². The van der Waals surface area contributed by atoms with Crippen LogP contribution >= 0.6 is 15.9 Å². The summed E-state index contributed by atoms with van der Waals surface area (Å²) in [6, 6.07) is 7.76. The van der Waals surface area contributed by atoms with Crippen molar-refractivity contribution in [1.82, 2.24) is 5.32 Å². The molecule has 0 aliphatic heterocycles. The molecule has 0 saturated carbocycles. The van der Waals surface area contributed by atoms with Crippen molar-refractivity contribution in [2.75, 3.05) is 18.4 Å². The lowest BCUT2D eigenvalue weighted by molar-refractivity contribution is -0.119. The predicted molar refractivity (Wildman–Crippen MR) is 70.5 cm³/mol. The average Bonchev–Trinajstić information content (AvgIpc) is 2.27. The van der Waals surface area contributed by atoms with Gasteiger partial charge < -0.3 is 10.6 Å². The fourth-order valence-corrected chi connectivity index (χ4v) is 1.65. The summed E-state index contributed by atoms with van der Waals surface area (Å²) in [4.78, 5) is 11.4. The molecule has 0 aliphatic rings. The third-order valence-corrected chi connectivity index (χ3v) is 2.62. The molecule has 88 valence electrons. The third kappa shape index (κ3) is 5.16. The Kier molecular flexibility index (Phi) is 5.93. The smallest absolute Gasteiger partial charge is 0.239 e. The van der Waals surface area contributed by atoms with Gasteiger partial charge in [-0.15, -0.1) is 0 Å². The molecule has 4 heteroatoms. The van der Waals surface area contributed by atoms with Crippen molar-refractivity contribution < 1.29 is 4.79 Å². The first-order chi connectivity index (χ1) is 7.72. The molecule has 0 aromatic heterocycles. The molecule has 1 amide bonds. The maximum Gasteiger partial charge on any atom is 0.239 e. The number of carbonyl (C=O) groups is 1. The number of hydrogen-bond donors (Lipinski definition) is 2. The van der Waals surface area contributed by atoms with E-state index in [1.165, 1.54) is 0 Å². The van der Waals surface area contributed by atoms with E-state index in [0.29, 0.717) is 6.54 Å². The van der Waals surface area contributed by atoms with Crippen LogP contribution in [-0.4, -0.2) is 19.0 Å². The summed E-state index contributed by atoms with van der Waals surface area (Å²) in [5.74, 6) is 0.0356. The fourth-order valence-electron chi connectivity index (χ4n) is 1.25. The lowest BCUT2D eigenvalue weighted by Gasteiger charge is -2.07. The van der Waals surface area contributed by atoms with Crippen molar-refractivity contribution in [1.29, 1.82) is 0 Å². The van der Waals surface area contributed by atoms with Crippen LogP contribution in [0.5, 0.6) is 0 Å². The second kappa shape index (κ2) is 7.28. The van der Waals surface area contributed by atoms with Crippen LogP contribution in [0.2, 0.25) is 0 Å². The molecule has 16 heavy (non-hydrogen) atoms. The molecule has 0 radical (unpaired) electrons. The minimum Gasteiger partial charge on any atom is -0.376 e. The Hall–Kier alpha value is -1.03. The number of amides is 1. The van der Waals surface area contributed by atoms with Crippen LogP contribution in [-0.2, 0) is 4.79 Å². The van der Waals surface area contributed by atoms with E-state index in [1.807, 2.05) is 24.3 Å². The topological polar surface area (TPSA) is 41.1 Å². The normalized spacial score (nSPS) is 9.88. The summed E-state index contributed by atoms with van der Waals surface area (Å²) in [6.07, 6.45) is 2.13. The standard InChI is InChI=1S/C12H17BrN2O/c1-2-3-7-14-12(16)9-15-11-6-4-5-10(13)8-11/h4-6,8,15H,2-3,7,9H2,1H3,(H,14,16). The van der Waals surface area contributed by atoms with Crippen molar-refractivity contribution >= 4 is 27.5 Å². The Bertz CT molecular complexity index is 342. The van der Waals surface area contributed by atoms with Crippen LogP contribution in [0, 0.1) is 0 Å². The van der Waals surface area contributed by atoms with Gasteiger partial charge in [-0.25, -0.2) is 0 Å². The third-order valence-electron chi connectivity index (χ3n) is 2.13. The van der Waals surface area contributed by atoms with Crippen molar-refractivity contribution in [3.05, 3.63) is 28.7 Å². The molecule has 1 aromatic rings. The molecule has 2 N–H and O–H groups in total. The van der Waals surface area contributed by atoms with Crippen molar-refractivity contribution in [3.63, 3.8) is 0 Å². The molecule has 1 rings (SSSR count). The number of benzene rings is 1. The first kappa shape index (κ1) is 13.0. The second-order valence-corrected chi connectivity index (χ2v) is 4.48. The lowest BCUT2D eigenvalue weighted by Crippen LogP contribution is -2.30. The number of rotatable bonds is 6. The Balaban J connectivity index is 2.26. The van der Waals surface area contributed by atoms with Gasteiger partial charge >= 0.3 is 0 Å². The van der Waals surface area contributed by atoms with Crippen LogP contribution in [0.3, 0.4) is 0 Å². The number of hydrogen-bond acceptors (Lipinski definition) is 2. The average molecular weight is 285 g/mol. The van der Waals surface area contributed by atoms with Gasteiger partial charge in [0.1, 0.15) is 0 Å². The Labute approximate surface area is 105 Å². The molecule has 0 atom stereocenters. The number of nitrogens with one attached hydrogen (secondary N) is 2. The van der Waals surface area contributed by atoms with Gasteiger partial charge in [-0.2, -0.15) is 0 Å². The minimum absolute atomic E-state index is 0.0356. The highest BCUT2D eigenvalue weighted by molar-refractivity contribution is 9.10. The number of anilines is 1. The summed E-state index contributed by atoms with van der Waals surface area (Å²) in [5, 5.41) is 5.93. The second-order valence-electron chi connectivity index (χ2n) is 3.57. The summed E-state index contributed by atoms with van der Waals surface area (Å²) < 4.78 is 1.00. The first-order valence-corrected chi connectivity index (χ1v) is 6.28. The predicted octanol–water partition coefficient (Wildman–Crippen LogP) is 2.78. The van der Waals surface area contributed by atoms with E-state index in [1.54, 1.807) is 0 Å². The zero-order chi connectivity index (χ0) is 11.8. The monoisotopic (exact) mass is 284 g/mol. The van der Waals surface area contributed by atoms with Gasteiger partial charge in [-0.3, -0.25) is 4.79 Å². The van der Waals surface area contributed by atoms with Crippen LogP contribution < -0.4 is 10.6 Å². The molecule has 0 bridgehead atoms. The van der Waals surface area contributed by atoms with Gasteiger partial charge in [-0.05, 0) is 24.6 Å². The molecule has 0 aliphatic carbocycles. The molecule has 0 fully saturated rings. The van der Waals surface area contributed by atoms with Gasteiger partial charge in [0.2, 0.25) is 5.91 Å². The number of halogens is 1. The molecular weight excluding hydrogens is 268 g/mol. The summed E-state index contributed by atoms with van der Waals surface area (Å²) in [7, 11) is 0. The van der Waals surface area contributed by atoms with E-state index in [-0.39, 0.29) is 5.91 Å². The van der Waals surface area contributed by atoms with E-state index < -0.39 is 0 Å². The largest absolute Gasteiger partial charge is 0.376 e. The lowest BCUT2D eigenvalue weighted by atomic mass is 10.3. The Morgan fingerprint density at radius 3 is 2.94 bits per heavy atom. The van der Waals surface area contributed by atoms with E-state index in [9.17, 15) is 4.79 Å². The van der Waals surface area contributed by atoms with E-state index >= 15 is 0 Å². The van der Waals surface area contributed by atoms with Gasteiger partial charge in [0.25, 0.3) is 0 Å². The summed E-state index contributed by atoms with van der Waals surface area (Å²) >= 11 is 3.38. The molecule has 0 spiro atoms. The zero-order valence-electron chi connectivity index (χ0n) is 9.42. The SMILES string of the molecule is CCCCNC(=O)CNc1cccc(Br)c1. The van der Waals surface area contributed by atoms with Crippen molar-refractivity contribution in [3.8, 4) is 0 Å². The summed E-state index contributed by atoms with van der Waals surface area (Å²) in [5.41, 5.74) is 0.944. The van der Waals surface area contributed by atoms with Crippen molar-refractivity contribution in [2.24, 2.45) is 0 Å². The summed E-state index contributed by atoms with van der Waals surface area (Å²) in [6.45, 7) is 3.18. The van der Waals surface area contributed by atoms with Gasteiger partial charge in [-0.1, -0.05) is 35.3 Å². The molecule has 0 unspecified atom stereocenters. The quantitative estimate of drug-likeness (QED) is 0.789. The highest BCUT2D eigenvalue weighted by Crippen LogP contribution is 2.14. The molecular formula is C12H17BrN2O.